The first-order chi connectivity index (χ1) is 8.20. The summed E-state index contributed by atoms with van der Waals surface area (Å²) in [4.78, 5) is 0. The second-order valence-electron chi connectivity index (χ2n) is 4.09. The van der Waals surface area contributed by atoms with Crippen molar-refractivity contribution in [2.45, 2.75) is 19.1 Å². The molecule has 2 unspecified atom stereocenters. The van der Waals surface area contributed by atoms with E-state index in [2.05, 4.69) is 5.32 Å². The Hall–Kier alpha value is -1.24. The number of benzene rings is 1. The Bertz CT molecular complexity index is 448. The second kappa shape index (κ2) is 5.60. The highest BCUT2D eigenvalue weighted by Crippen LogP contribution is 2.35. The van der Waals surface area contributed by atoms with E-state index in [4.69, 9.17) is 5.73 Å². The van der Waals surface area contributed by atoms with Gasteiger partial charge in [-0.25, -0.2) is 0 Å². The first-order valence-electron chi connectivity index (χ1n) is 5.23. The Labute approximate surface area is 106 Å². The first-order valence-corrected chi connectivity index (χ1v) is 6.96. The third-order valence-electron chi connectivity index (χ3n) is 2.26. The molecule has 18 heavy (non-hydrogen) atoms. The molecule has 102 valence electrons. The topological polar surface area (TPSA) is 55.1 Å². The molecule has 2 atom stereocenters. The zero-order chi connectivity index (χ0) is 13.9. The smallest absolute Gasteiger partial charge is 0.398 e. The quantitative estimate of drug-likeness (QED) is 0.833. The largest absolute Gasteiger partial charge is 0.418 e. The second-order valence-corrected chi connectivity index (χ2v) is 5.56. The van der Waals surface area contributed by atoms with Crippen LogP contribution in [0.5, 0.6) is 0 Å². The van der Waals surface area contributed by atoms with Crippen LogP contribution in [0.2, 0.25) is 0 Å². The van der Waals surface area contributed by atoms with Gasteiger partial charge >= 0.3 is 6.18 Å². The SMILES string of the molecule is CC(CS(C)=O)Nc1ccc(N)c(C(F)(F)F)c1. The van der Waals surface area contributed by atoms with Crippen molar-refractivity contribution >= 4 is 22.2 Å². The maximum absolute atomic E-state index is 12.6. The number of hydrogen-bond donors (Lipinski definition) is 2. The Balaban J connectivity index is 2.89. The Kier molecular flexibility index (Phi) is 4.61. The number of nitrogens with one attached hydrogen (secondary N) is 1. The number of hydrogen-bond acceptors (Lipinski definition) is 3. The molecule has 0 aliphatic heterocycles. The zero-order valence-corrected chi connectivity index (χ0v) is 10.9. The molecule has 0 saturated heterocycles. The lowest BCUT2D eigenvalue weighted by Gasteiger charge is -2.16. The Morgan fingerprint density at radius 3 is 2.56 bits per heavy atom. The average molecular weight is 280 g/mol. The molecule has 0 fully saturated rings. The highest BCUT2D eigenvalue weighted by Gasteiger charge is 2.33. The highest BCUT2D eigenvalue weighted by atomic mass is 32.2. The fourth-order valence-corrected chi connectivity index (χ4v) is 2.36. The molecule has 0 aliphatic rings. The van der Waals surface area contributed by atoms with Gasteiger partial charge in [0.25, 0.3) is 0 Å². The minimum atomic E-state index is -4.47. The van der Waals surface area contributed by atoms with Gasteiger partial charge in [0.1, 0.15) is 0 Å². The summed E-state index contributed by atoms with van der Waals surface area (Å²) >= 11 is 0. The molecule has 0 saturated carbocycles. The minimum Gasteiger partial charge on any atom is -0.398 e. The summed E-state index contributed by atoms with van der Waals surface area (Å²) in [6.45, 7) is 1.75. The lowest BCUT2D eigenvalue weighted by atomic mass is 10.1. The van der Waals surface area contributed by atoms with Gasteiger partial charge < -0.3 is 11.1 Å². The van der Waals surface area contributed by atoms with E-state index in [0.29, 0.717) is 11.4 Å². The molecule has 0 bridgehead atoms. The maximum atomic E-state index is 12.6. The standard InChI is InChI=1S/C11H15F3N2OS/c1-7(6-18(2)17)16-8-3-4-10(15)9(5-8)11(12,13)14/h3-5,7,16H,6,15H2,1-2H3. The van der Waals surface area contributed by atoms with Gasteiger partial charge in [-0.15, -0.1) is 0 Å². The van der Waals surface area contributed by atoms with E-state index < -0.39 is 22.5 Å². The van der Waals surface area contributed by atoms with Crippen molar-refractivity contribution in [2.75, 3.05) is 23.1 Å². The summed E-state index contributed by atoms with van der Waals surface area (Å²) < 4.78 is 48.9. The molecule has 0 heterocycles. The van der Waals surface area contributed by atoms with Crippen molar-refractivity contribution < 1.29 is 17.4 Å². The van der Waals surface area contributed by atoms with Crippen LogP contribution >= 0.6 is 0 Å². The lowest BCUT2D eigenvalue weighted by molar-refractivity contribution is -0.136. The predicted molar refractivity (Wildman–Crippen MR) is 67.9 cm³/mol. The number of anilines is 2. The van der Waals surface area contributed by atoms with Gasteiger partial charge in [-0.05, 0) is 25.1 Å². The molecular formula is C11H15F3N2OS. The normalized spacial score (nSPS) is 15.2. The fourth-order valence-electron chi connectivity index (χ4n) is 1.57. The highest BCUT2D eigenvalue weighted by molar-refractivity contribution is 7.84. The molecule has 7 heteroatoms. The van der Waals surface area contributed by atoms with Gasteiger partial charge in [0, 0.05) is 40.2 Å². The van der Waals surface area contributed by atoms with Gasteiger partial charge in [-0.2, -0.15) is 13.2 Å². The van der Waals surface area contributed by atoms with Crippen LogP contribution in [0.25, 0.3) is 0 Å². The van der Waals surface area contributed by atoms with Gasteiger partial charge in [-0.3, -0.25) is 4.21 Å². The Morgan fingerprint density at radius 1 is 1.44 bits per heavy atom. The third kappa shape index (κ3) is 4.21. The summed E-state index contributed by atoms with van der Waals surface area (Å²) in [5, 5.41) is 2.86. The number of halogens is 3. The zero-order valence-electron chi connectivity index (χ0n) is 10.0. The molecule has 3 nitrogen and oxygen atoms in total. The summed E-state index contributed by atoms with van der Waals surface area (Å²) in [5.74, 6) is 0.367. The van der Waals surface area contributed by atoms with E-state index in [9.17, 15) is 17.4 Å². The number of alkyl halides is 3. The average Bonchev–Trinajstić information content (AvgIpc) is 2.17. The summed E-state index contributed by atoms with van der Waals surface area (Å²) in [6.07, 6.45) is -2.93. The Morgan fingerprint density at radius 2 is 2.06 bits per heavy atom. The minimum absolute atomic E-state index is 0.180. The van der Waals surface area contributed by atoms with E-state index in [0.717, 1.165) is 6.07 Å². The number of nitrogens with two attached hydrogens (primary N) is 1. The van der Waals surface area contributed by atoms with Crippen LogP contribution in [0.4, 0.5) is 24.5 Å². The molecule has 1 rings (SSSR count). The molecule has 0 spiro atoms. The van der Waals surface area contributed by atoms with Crippen molar-refractivity contribution in [3.05, 3.63) is 23.8 Å². The van der Waals surface area contributed by atoms with E-state index in [1.54, 1.807) is 13.2 Å². The van der Waals surface area contributed by atoms with Gasteiger partial charge in [0.05, 0.1) is 5.56 Å². The molecule has 0 aromatic heterocycles. The van der Waals surface area contributed by atoms with E-state index >= 15 is 0 Å². The monoisotopic (exact) mass is 280 g/mol. The van der Waals surface area contributed by atoms with Crippen LogP contribution in [0, 0.1) is 0 Å². The summed E-state index contributed by atoms with van der Waals surface area (Å²) in [5.41, 5.74) is 4.44. The van der Waals surface area contributed by atoms with Crippen molar-refractivity contribution in [3.8, 4) is 0 Å². The van der Waals surface area contributed by atoms with Crippen molar-refractivity contribution in [1.29, 1.82) is 0 Å². The fraction of sp³-hybridized carbons (Fsp3) is 0.455. The summed E-state index contributed by atoms with van der Waals surface area (Å²) in [6, 6.07) is 3.46. The number of nitrogen functional groups attached to an aromatic ring is 1. The molecule has 0 aliphatic carbocycles. The van der Waals surface area contributed by atoms with Gasteiger partial charge in [0.15, 0.2) is 0 Å². The lowest BCUT2D eigenvalue weighted by Crippen LogP contribution is -2.22. The maximum Gasteiger partial charge on any atom is 0.418 e. The number of rotatable bonds is 4. The molecule has 1 aromatic carbocycles. The molecule has 0 radical (unpaired) electrons. The third-order valence-corrected chi connectivity index (χ3v) is 3.23. The van der Waals surface area contributed by atoms with Crippen molar-refractivity contribution in [3.63, 3.8) is 0 Å². The van der Waals surface area contributed by atoms with Gasteiger partial charge in [0.2, 0.25) is 0 Å². The predicted octanol–water partition coefficient (Wildman–Crippen LogP) is 2.47. The van der Waals surface area contributed by atoms with Crippen LogP contribution < -0.4 is 11.1 Å². The van der Waals surface area contributed by atoms with Crippen molar-refractivity contribution in [2.24, 2.45) is 0 Å². The van der Waals surface area contributed by atoms with E-state index in [1.807, 2.05) is 0 Å². The van der Waals surface area contributed by atoms with Crippen molar-refractivity contribution in [1.82, 2.24) is 0 Å². The van der Waals surface area contributed by atoms with Crippen LogP contribution in [0.3, 0.4) is 0 Å². The van der Waals surface area contributed by atoms with Crippen LogP contribution in [-0.4, -0.2) is 22.3 Å². The van der Waals surface area contributed by atoms with Crippen LogP contribution in [0.1, 0.15) is 12.5 Å². The molecule has 1 aromatic rings. The summed E-state index contributed by atoms with van der Waals surface area (Å²) in [7, 11) is -1.01. The molecule has 0 amide bonds. The van der Waals surface area contributed by atoms with Crippen LogP contribution in [-0.2, 0) is 17.0 Å². The first kappa shape index (κ1) is 14.8. The van der Waals surface area contributed by atoms with E-state index in [-0.39, 0.29) is 11.7 Å². The van der Waals surface area contributed by atoms with E-state index in [1.165, 1.54) is 12.1 Å². The van der Waals surface area contributed by atoms with Gasteiger partial charge in [-0.1, -0.05) is 0 Å². The molecular weight excluding hydrogens is 265 g/mol. The van der Waals surface area contributed by atoms with Crippen LogP contribution in [0.15, 0.2) is 18.2 Å². The molecule has 3 N–H and O–H groups in total.